The van der Waals surface area contributed by atoms with E-state index in [1.54, 1.807) is 13.0 Å². The zero-order valence-corrected chi connectivity index (χ0v) is 13.9. The van der Waals surface area contributed by atoms with Crippen LogP contribution in [0.5, 0.6) is 0 Å². The van der Waals surface area contributed by atoms with Crippen molar-refractivity contribution in [3.63, 3.8) is 0 Å². The summed E-state index contributed by atoms with van der Waals surface area (Å²) in [5.74, 6) is -1.15. The Bertz CT molecular complexity index is 1160. The first kappa shape index (κ1) is 16.2. The van der Waals surface area contributed by atoms with Gasteiger partial charge in [-0.3, -0.25) is 19.1 Å². The third-order valence-electron chi connectivity index (χ3n) is 4.32. The minimum absolute atomic E-state index is 0.0235. The van der Waals surface area contributed by atoms with Crippen molar-refractivity contribution >= 4 is 22.6 Å². The molecule has 1 amide bonds. The van der Waals surface area contributed by atoms with Crippen LogP contribution in [0.25, 0.3) is 11.0 Å². The lowest BCUT2D eigenvalue weighted by molar-refractivity contribution is 0.102. The smallest absolute Gasteiger partial charge is 0.319 e. The molecule has 2 heterocycles. The number of benzene rings is 1. The van der Waals surface area contributed by atoms with Gasteiger partial charge in [0.2, 0.25) is 0 Å². The van der Waals surface area contributed by atoms with E-state index in [9.17, 15) is 18.8 Å². The highest BCUT2D eigenvalue weighted by atomic mass is 19.1. The molecule has 1 fully saturated rings. The van der Waals surface area contributed by atoms with Gasteiger partial charge < -0.3 is 5.32 Å². The van der Waals surface area contributed by atoms with Crippen LogP contribution in [0, 0.1) is 12.7 Å². The average Bonchev–Trinajstić information content (AvgIpc) is 3.43. The van der Waals surface area contributed by atoms with E-state index in [-0.39, 0.29) is 28.3 Å². The Morgan fingerprint density at radius 1 is 1.31 bits per heavy atom. The van der Waals surface area contributed by atoms with Gasteiger partial charge in [0.05, 0.1) is 16.6 Å². The number of H-pyrrole nitrogens is 1. The normalized spacial score (nSPS) is 13.8. The van der Waals surface area contributed by atoms with E-state index in [1.807, 2.05) is 0 Å². The number of halogens is 1. The first-order valence-electron chi connectivity index (χ1n) is 8.16. The molecule has 0 radical (unpaired) electrons. The van der Waals surface area contributed by atoms with Gasteiger partial charge in [-0.05, 0) is 43.5 Å². The summed E-state index contributed by atoms with van der Waals surface area (Å²) in [5.41, 5.74) is 0.0851. The fraction of sp³-hybridized carbons (Fsp3) is 0.222. The first-order valence-corrected chi connectivity index (χ1v) is 8.16. The van der Waals surface area contributed by atoms with E-state index in [0.29, 0.717) is 0 Å². The molecule has 0 atom stereocenters. The van der Waals surface area contributed by atoms with Crippen molar-refractivity contribution < 1.29 is 9.18 Å². The van der Waals surface area contributed by atoms with Crippen LogP contribution in [-0.2, 0) is 0 Å². The third-order valence-corrected chi connectivity index (χ3v) is 4.32. The second kappa shape index (κ2) is 5.91. The van der Waals surface area contributed by atoms with Gasteiger partial charge in [-0.1, -0.05) is 6.07 Å². The van der Waals surface area contributed by atoms with E-state index in [1.165, 1.54) is 29.0 Å². The highest BCUT2D eigenvalue weighted by Gasteiger charge is 2.27. The SMILES string of the molecule is Cc1ccc(F)c(NC(=O)c2cnc3c(c2)c(=O)[nH]c(=O)n3C2CC2)c1. The molecular formula is C18H15FN4O3. The van der Waals surface area contributed by atoms with E-state index in [0.717, 1.165) is 18.4 Å². The van der Waals surface area contributed by atoms with Crippen molar-refractivity contribution in [2.45, 2.75) is 25.8 Å². The summed E-state index contributed by atoms with van der Waals surface area (Å²) < 4.78 is 15.3. The molecule has 2 aromatic heterocycles. The Labute approximate surface area is 146 Å². The Hall–Kier alpha value is -3.29. The molecule has 1 aliphatic rings. The number of nitrogens with one attached hydrogen (secondary N) is 2. The maximum Gasteiger partial charge on any atom is 0.330 e. The third kappa shape index (κ3) is 2.79. The molecule has 4 rings (SSSR count). The van der Waals surface area contributed by atoms with Crippen LogP contribution in [0.1, 0.15) is 34.8 Å². The number of hydrogen-bond donors (Lipinski definition) is 2. The van der Waals surface area contributed by atoms with E-state index in [2.05, 4.69) is 15.3 Å². The fourth-order valence-electron chi connectivity index (χ4n) is 2.86. The van der Waals surface area contributed by atoms with Crippen LogP contribution in [-0.4, -0.2) is 20.4 Å². The van der Waals surface area contributed by atoms with Crippen molar-refractivity contribution in [3.8, 4) is 0 Å². The van der Waals surface area contributed by atoms with Crippen molar-refractivity contribution in [3.05, 3.63) is 68.2 Å². The maximum absolute atomic E-state index is 13.8. The van der Waals surface area contributed by atoms with Crippen LogP contribution in [0.15, 0.2) is 40.1 Å². The molecule has 132 valence electrons. The van der Waals surface area contributed by atoms with Gasteiger partial charge >= 0.3 is 5.69 Å². The van der Waals surface area contributed by atoms with Crippen molar-refractivity contribution in [1.29, 1.82) is 0 Å². The molecule has 0 saturated heterocycles. The number of fused-ring (bicyclic) bond motifs is 1. The number of aromatic nitrogens is 3. The van der Waals surface area contributed by atoms with Crippen LogP contribution < -0.4 is 16.6 Å². The standard InChI is InChI=1S/C18H15FN4O3/c1-9-2-5-13(19)14(6-9)21-16(24)10-7-12-15(20-8-10)23(11-3-4-11)18(26)22-17(12)25/h2,5-8,11H,3-4H2,1H3,(H,21,24)(H,22,25,26). The van der Waals surface area contributed by atoms with Gasteiger partial charge in [-0.2, -0.15) is 0 Å². The quantitative estimate of drug-likeness (QED) is 0.753. The number of carbonyl (C=O) groups is 1. The summed E-state index contributed by atoms with van der Waals surface area (Å²) in [7, 11) is 0. The second-order valence-electron chi connectivity index (χ2n) is 6.39. The number of hydrogen-bond acceptors (Lipinski definition) is 4. The van der Waals surface area contributed by atoms with Gasteiger partial charge in [0.15, 0.2) is 0 Å². The number of anilines is 1. The number of rotatable bonds is 3. The summed E-state index contributed by atoms with van der Waals surface area (Å²) in [6.45, 7) is 1.78. The molecule has 0 aliphatic heterocycles. The van der Waals surface area contributed by atoms with Crippen molar-refractivity contribution in [2.24, 2.45) is 0 Å². The average molecular weight is 354 g/mol. The summed E-state index contributed by atoms with van der Waals surface area (Å²) >= 11 is 0. The van der Waals surface area contributed by atoms with Crippen LogP contribution in [0.2, 0.25) is 0 Å². The predicted molar refractivity (Wildman–Crippen MR) is 94.0 cm³/mol. The maximum atomic E-state index is 13.8. The van der Waals surface area contributed by atoms with Crippen LogP contribution in [0.3, 0.4) is 0 Å². The van der Waals surface area contributed by atoms with E-state index < -0.39 is 23.0 Å². The zero-order chi connectivity index (χ0) is 18.4. The van der Waals surface area contributed by atoms with Gasteiger partial charge in [0.1, 0.15) is 11.5 Å². The lowest BCUT2D eigenvalue weighted by atomic mass is 10.2. The molecule has 2 N–H and O–H groups in total. The predicted octanol–water partition coefficient (Wildman–Crippen LogP) is 2.12. The number of amides is 1. The Morgan fingerprint density at radius 3 is 2.81 bits per heavy atom. The minimum Gasteiger partial charge on any atom is -0.319 e. The van der Waals surface area contributed by atoms with Crippen LogP contribution in [0.4, 0.5) is 10.1 Å². The van der Waals surface area contributed by atoms with Gasteiger partial charge in [-0.15, -0.1) is 0 Å². The molecule has 1 aromatic carbocycles. The molecule has 1 aliphatic carbocycles. The van der Waals surface area contributed by atoms with Crippen LogP contribution >= 0.6 is 0 Å². The highest BCUT2D eigenvalue weighted by molar-refractivity contribution is 6.05. The van der Waals surface area contributed by atoms with Gasteiger partial charge in [0.25, 0.3) is 11.5 Å². The Morgan fingerprint density at radius 2 is 2.08 bits per heavy atom. The molecule has 0 spiro atoms. The molecular weight excluding hydrogens is 339 g/mol. The van der Waals surface area contributed by atoms with Gasteiger partial charge in [-0.25, -0.2) is 14.2 Å². The molecule has 3 aromatic rings. The summed E-state index contributed by atoms with van der Waals surface area (Å²) in [6.07, 6.45) is 2.97. The molecule has 0 unspecified atom stereocenters. The molecule has 26 heavy (non-hydrogen) atoms. The Balaban J connectivity index is 1.75. The molecule has 7 nitrogen and oxygen atoms in total. The molecule has 0 bridgehead atoms. The number of aryl methyl sites for hydroxylation is 1. The highest BCUT2D eigenvalue weighted by Crippen LogP contribution is 2.34. The van der Waals surface area contributed by atoms with E-state index >= 15 is 0 Å². The topological polar surface area (TPSA) is 96.8 Å². The first-order chi connectivity index (χ1) is 12.4. The monoisotopic (exact) mass is 354 g/mol. The molecule has 8 heteroatoms. The Kier molecular flexibility index (Phi) is 3.68. The van der Waals surface area contributed by atoms with Crippen molar-refractivity contribution in [1.82, 2.24) is 14.5 Å². The fourth-order valence-corrected chi connectivity index (χ4v) is 2.86. The lowest BCUT2D eigenvalue weighted by Gasteiger charge is -2.10. The van der Waals surface area contributed by atoms with Gasteiger partial charge in [0, 0.05) is 12.2 Å². The number of carbonyl (C=O) groups excluding carboxylic acids is 1. The zero-order valence-electron chi connectivity index (χ0n) is 13.9. The lowest BCUT2D eigenvalue weighted by Crippen LogP contribution is -2.30. The van der Waals surface area contributed by atoms with Crippen molar-refractivity contribution in [2.75, 3.05) is 5.32 Å². The second-order valence-corrected chi connectivity index (χ2v) is 6.39. The number of aromatic amines is 1. The minimum atomic E-state index is -0.606. The summed E-state index contributed by atoms with van der Waals surface area (Å²) in [4.78, 5) is 43.0. The largest absolute Gasteiger partial charge is 0.330 e. The summed E-state index contributed by atoms with van der Waals surface area (Å²) in [6, 6.07) is 5.76. The molecule has 1 saturated carbocycles. The summed E-state index contributed by atoms with van der Waals surface area (Å²) in [5, 5.41) is 2.62. The number of pyridine rings is 1. The van der Waals surface area contributed by atoms with E-state index in [4.69, 9.17) is 0 Å². The number of nitrogens with zero attached hydrogens (tertiary/aromatic N) is 2.